The van der Waals surface area contributed by atoms with Crippen molar-refractivity contribution in [2.75, 3.05) is 11.5 Å². The van der Waals surface area contributed by atoms with Gasteiger partial charge in [0.2, 0.25) is 0 Å². The first-order chi connectivity index (χ1) is 11.7. The van der Waals surface area contributed by atoms with Gasteiger partial charge in [-0.1, -0.05) is 84.4 Å². The molecule has 10 heteroatoms. The molecule has 0 nitrogen and oxygen atoms in total. The molecule has 0 aliphatic carbocycles. The number of hydrogen-bond acceptors (Lipinski definition) is 10. The van der Waals surface area contributed by atoms with Crippen LogP contribution in [0.4, 0.5) is 0 Å². The van der Waals surface area contributed by atoms with Crippen LogP contribution in [-0.4, -0.2) is 22.0 Å². The van der Waals surface area contributed by atoms with Crippen molar-refractivity contribution in [3.8, 4) is 0 Å². The van der Waals surface area contributed by atoms with Crippen molar-refractivity contribution in [1.82, 2.24) is 0 Å². The monoisotopic (exact) mass is 500 g/mol. The predicted octanol–water partition coefficient (Wildman–Crippen LogP) is 8.67. The van der Waals surface area contributed by atoms with Gasteiger partial charge in [-0.15, -0.1) is 47.0 Å². The van der Waals surface area contributed by atoms with Gasteiger partial charge < -0.3 is 0 Å². The van der Waals surface area contributed by atoms with Crippen LogP contribution in [0.1, 0.15) is 13.8 Å². The molecular weight excluding hydrogens is 489 g/mol. The normalized spacial score (nSPS) is 33.2. The second kappa shape index (κ2) is 7.71. The van der Waals surface area contributed by atoms with E-state index in [1.165, 1.54) is 32.7 Å². The van der Waals surface area contributed by atoms with Gasteiger partial charge in [0, 0.05) is 22.0 Å². The number of rotatable bonds is 0. The molecule has 2 atom stereocenters. The highest BCUT2D eigenvalue weighted by Gasteiger charge is 2.38. The van der Waals surface area contributed by atoms with Gasteiger partial charge in [0.25, 0.3) is 0 Å². The van der Waals surface area contributed by atoms with Crippen molar-refractivity contribution >= 4 is 118 Å². The first-order valence-electron chi connectivity index (χ1n) is 7.30. The van der Waals surface area contributed by atoms with E-state index in [0.29, 0.717) is 0 Å². The van der Waals surface area contributed by atoms with Crippen molar-refractivity contribution < 1.29 is 0 Å². The highest BCUT2D eigenvalue weighted by atomic mass is 32.3. The zero-order chi connectivity index (χ0) is 16.3. The van der Waals surface area contributed by atoms with E-state index in [-0.39, 0.29) is 0 Å². The molecule has 5 rings (SSSR count). The van der Waals surface area contributed by atoms with E-state index in [1.54, 1.807) is 12.7 Å². The minimum Gasteiger partial charge on any atom is -0.116 e. The summed E-state index contributed by atoms with van der Waals surface area (Å²) < 4.78 is 12.3. The summed E-state index contributed by atoms with van der Waals surface area (Å²) >= 11 is 20.3. The van der Waals surface area contributed by atoms with Crippen LogP contribution in [0, 0.1) is 0 Å². The summed E-state index contributed by atoms with van der Waals surface area (Å²) in [6, 6.07) is 0. The Kier molecular flexibility index (Phi) is 5.94. The van der Waals surface area contributed by atoms with Crippen LogP contribution in [-0.2, 0) is 0 Å². The molecule has 0 saturated carbocycles. The van der Waals surface area contributed by atoms with Crippen molar-refractivity contribution in [2.45, 2.75) is 24.3 Å². The Balaban J connectivity index is 1.29. The lowest BCUT2D eigenvalue weighted by Gasteiger charge is -2.08. The third kappa shape index (κ3) is 3.56. The average Bonchev–Trinajstić information content (AvgIpc) is 3.29. The van der Waals surface area contributed by atoms with Gasteiger partial charge >= 0.3 is 0 Å². The highest BCUT2D eigenvalue weighted by Crippen LogP contribution is 2.72. The molecule has 0 bridgehead atoms. The smallest absolute Gasteiger partial charge is 0.0718 e. The Morgan fingerprint density at radius 2 is 0.833 bits per heavy atom. The number of hydrogen-bond donors (Lipinski definition) is 0. The first-order valence-corrected chi connectivity index (χ1v) is 15.9. The zero-order valence-corrected chi connectivity index (χ0v) is 20.8. The van der Waals surface area contributed by atoms with Gasteiger partial charge in [0.15, 0.2) is 0 Å². The SMILES string of the molecule is C[C@@H]1SC(=C2SC3=C(SC(=C4SC5=C(SCCS5)S4)S3)S2)S[C@H]1C. The third-order valence-corrected chi connectivity index (χ3v) is 19.2. The molecular formula is C14H12S10. The lowest BCUT2D eigenvalue weighted by atomic mass is 10.4. The van der Waals surface area contributed by atoms with E-state index >= 15 is 0 Å². The summed E-state index contributed by atoms with van der Waals surface area (Å²) in [5.74, 6) is 2.53. The van der Waals surface area contributed by atoms with Crippen molar-refractivity contribution in [1.29, 1.82) is 0 Å². The van der Waals surface area contributed by atoms with Crippen molar-refractivity contribution in [3.63, 3.8) is 0 Å². The lowest BCUT2D eigenvalue weighted by Crippen LogP contribution is -2.04. The lowest BCUT2D eigenvalue weighted by molar-refractivity contribution is 0.941. The molecule has 0 radical (unpaired) electrons. The zero-order valence-electron chi connectivity index (χ0n) is 12.7. The maximum Gasteiger partial charge on any atom is 0.0718 e. The van der Waals surface area contributed by atoms with Crippen molar-refractivity contribution in [3.05, 3.63) is 33.9 Å². The van der Waals surface area contributed by atoms with Gasteiger partial charge in [-0.3, -0.25) is 0 Å². The second-order valence-corrected chi connectivity index (χ2v) is 18.4. The van der Waals surface area contributed by atoms with Crippen LogP contribution in [0.2, 0.25) is 0 Å². The summed E-state index contributed by atoms with van der Waals surface area (Å²) in [7, 11) is 0. The van der Waals surface area contributed by atoms with E-state index in [1.807, 2.05) is 94.1 Å². The summed E-state index contributed by atoms with van der Waals surface area (Å²) in [6.07, 6.45) is 0. The van der Waals surface area contributed by atoms with E-state index < -0.39 is 0 Å². The van der Waals surface area contributed by atoms with Gasteiger partial charge in [-0.05, 0) is 0 Å². The quantitative estimate of drug-likeness (QED) is 0.315. The van der Waals surface area contributed by atoms with Gasteiger partial charge in [0.05, 0.1) is 33.9 Å². The van der Waals surface area contributed by atoms with Crippen LogP contribution in [0.15, 0.2) is 33.9 Å². The van der Waals surface area contributed by atoms with Crippen LogP contribution in [0.5, 0.6) is 0 Å². The molecule has 5 aliphatic rings. The Morgan fingerprint density at radius 1 is 0.500 bits per heavy atom. The molecule has 5 aliphatic heterocycles. The number of thioether (sulfide) groups is 10. The van der Waals surface area contributed by atoms with Crippen molar-refractivity contribution in [2.24, 2.45) is 0 Å². The van der Waals surface area contributed by atoms with Crippen LogP contribution in [0.3, 0.4) is 0 Å². The molecule has 0 aromatic heterocycles. The maximum absolute atomic E-state index is 2.35. The molecule has 0 amide bonds. The topological polar surface area (TPSA) is 0 Å². The summed E-state index contributed by atoms with van der Waals surface area (Å²) in [4.78, 5) is 0. The minimum atomic E-state index is 0.741. The third-order valence-electron chi connectivity index (χ3n) is 3.58. The fraction of sp³-hybridized carbons (Fsp3) is 0.429. The maximum atomic E-state index is 2.35. The van der Waals surface area contributed by atoms with Crippen LogP contribution >= 0.6 is 118 Å². The van der Waals surface area contributed by atoms with Gasteiger partial charge in [0.1, 0.15) is 0 Å². The molecule has 24 heavy (non-hydrogen) atoms. The average molecular weight is 501 g/mol. The molecule has 1 saturated heterocycles. The highest BCUT2D eigenvalue weighted by molar-refractivity contribution is 8.50. The molecule has 0 N–H and O–H groups in total. The summed E-state index contributed by atoms with van der Waals surface area (Å²) in [5, 5.41) is 1.48. The largest absolute Gasteiger partial charge is 0.116 e. The summed E-state index contributed by atoms with van der Waals surface area (Å²) in [6.45, 7) is 4.71. The Labute approximate surface area is 185 Å². The predicted molar refractivity (Wildman–Crippen MR) is 133 cm³/mol. The minimum absolute atomic E-state index is 0.741. The molecule has 0 aromatic rings. The van der Waals surface area contributed by atoms with Gasteiger partial charge in [-0.25, -0.2) is 0 Å². The fourth-order valence-corrected chi connectivity index (χ4v) is 18.2. The van der Waals surface area contributed by atoms with Gasteiger partial charge in [-0.2, -0.15) is 0 Å². The Hall–Kier alpha value is 2.46. The first kappa shape index (κ1) is 18.5. The standard InChI is InChI=1S/C14H12S10/c1-5-6(2)18-9(17-5)10-21-13-14(22-10)24-12(23-13)11-19-7-8(20-11)16-4-3-15-7/h5-6H,3-4H2,1-2H3/t5-,6-/m0/s1. The Morgan fingerprint density at radius 3 is 1.25 bits per heavy atom. The second-order valence-electron chi connectivity index (χ2n) is 5.25. The Bertz CT molecular complexity index is 676. The van der Waals surface area contributed by atoms with E-state index in [4.69, 9.17) is 0 Å². The van der Waals surface area contributed by atoms with Crippen LogP contribution < -0.4 is 0 Å². The van der Waals surface area contributed by atoms with E-state index in [9.17, 15) is 0 Å². The molecule has 5 heterocycles. The van der Waals surface area contributed by atoms with Crippen LogP contribution in [0.25, 0.3) is 0 Å². The fourth-order valence-electron chi connectivity index (χ4n) is 2.21. The molecule has 1 fully saturated rings. The molecule has 0 spiro atoms. The van der Waals surface area contributed by atoms with E-state index in [2.05, 4.69) is 37.4 Å². The molecule has 0 unspecified atom stereocenters. The van der Waals surface area contributed by atoms with E-state index in [0.717, 1.165) is 10.5 Å². The molecule has 0 aromatic carbocycles. The molecule has 128 valence electrons. The summed E-state index contributed by atoms with van der Waals surface area (Å²) in [5.41, 5.74) is 0.